The topological polar surface area (TPSA) is 64.7 Å². The average Bonchev–Trinajstić information content (AvgIpc) is 1.98. The van der Waals surface area contributed by atoms with Gasteiger partial charge in [-0.1, -0.05) is 0 Å². The van der Waals surface area contributed by atoms with Gasteiger partial charge in [-0.25, -0.2) is 9.79 Å². The lowest BCUT2D eigenvalue weighted by Gasteiger charge is -1.94. The minimum Gasteiger partial charge on any atom is -0.466 e. The van der Waals surface area contributed by atoms with E-state index in [9.17, 15) is 4.79 Å². The smallest absolute Gasteiger partial charge is 0.334 e. The molecule has 0 saturated carbocycles. The summed E-state index contributed by atoms with van der Waals surface area (Å²) in [6.07, 6.45) is 2.44. The van der Waals surface area contributed by atoms with Gasteiger partial charge in [0, 0.05) is 6.20 Å². The molecular weight excluding hydrogens is 132 g/mol. The zero-order valence-corrected chi connectivity index (χ0v) is 6.00. The molecule has 0 heterocycles. The van der Waals surface area contributed by atoms with Gasteiger partial charge in [-0.15, -0.1) is 0 Å². The lowest BCUT2D eigenvalue weighted by Crippen LogP contribution is -2.01. The molecule has 2 N–H and O–H groups in total. The standard InChI is InChI=1S/C6H10N2O2/c1-5(3-8-4-7)6(9)10-2/h3-4H,1-2H3,(H2,7,8)/b5-3+. The second-order valence-electron chi connectivity index (χ2n) is 1.60. The molecule has 0 aromatic heterocycles. The second kappa shape index (κ2) is 4.55. The van der Waals surface area contributed by atoms with E-state index in [2.05, 4.69) is 9.73 Å². The fraction of sp³-hybridized carbons (Fsp3) is 0.333. The number of carbonyl (C=O) groups excluding carboxylic acids is 1. The average molecular weight is 142 g/mol. The summed E-state index contributed by atoms with van der Waals surface area (Å²) in [7, 11) is 1.31. The van der Waals surface area contributed by atoms with Crippen LogP contribution in [0.1, 0.15) is 6.92 Å². The van der Waals surface area contributed by atoms with E-state index >= 15 is 0 Å². The Morgan fingerprint density at radius 1 is 1.70 bits per heavy atom. The van der Waals surface area contributed by atoms with E-state index in [1.54, 1.807) is 6.92 Å². The summed E-state index contributed by atoms with van der Waals surface area (Å²) in [6, 6.07) is 0. The fourth-order valence-electron chi connectivity index (χ4n) is 0.369. The summed E-state index contributed by atoms with van der Waals surface area (Å²) in [6.45, 7) is 1.60. The number of ether oxygens (including phenoxy) is 1. The molecule has 0 fully saturated rings. The molecule has 0 saturated heterocycles. The van der Waals surface area contributed by atoms with Crippen molar-refractivity contribution in [1.82, 2.24) is 0 Å². The van der Waals surface area contributed by atoms with Crippen molar-refractivity contribution in [2.75, 3.05) is 7.11 Å². The van der Waals surface area contributed by atoms with Crippen molar-refractivity contribution in [3.05, 3.63) is 11.8 Å². The van der Waals surface area contributed by atoms with Crippen LogP contribution in [0.2, 0.25) is 0 Å². The number of hydrogen-bond donors (Lipinski definition) is 1. The predicted molar refractivity (Wildman–Crippen MR) is 38.5 cm³/mol. The van der Waals surface area contributed by atoms with Crippen LogP contribution in [0.15, 0.2) is 16.8 Å². The van der Waals surface area contributed by atoms with Gasteiger partial charge in [0.15, 0.2) is 0 Å². The van der Waals surface area contributed by atoms with Gasteiger partial charge in [0.05, 0.1) is 19.0 Å². The molecule has 4 heteroatoms. The second-order valence-corrected chi connectivity index (χ2v) is 1.60. The largest absolute Gasteiger partial charge is 0.466 e. The molecule has 0 radical (unpaired) electrons. The highest BCUT2D eigenvalue weighted by Gasteiger charge is 1.99. The van der Waals surface area contributed by atoms with Gasteiger partial charge < -0.3 is 10.5 Å². The number of aliphatic imine (C=N–C) groups is 1. The summed E-state index contributed by atoms with van der Waals surface area (Å²) >= 11 is 0. The van der Waals surface area contributed by atoms with E-state index in [1.807, 2.05) is 0 Å². The first-order valence-electron chi connectivity index (χ1n) is 2.70. The first-order valence-corrected chi connectivity index (χ1v) is 2.70. The monoisotopic (exact) mass is 142 g/mol. The van der Waals surface area contributed by atoms with Gasteiger partial charge in [0.2, 0.25) is 0 Å². The maximum Gasteiger partial charge on any atom is 0.334 e. The maximum absolute atomic E-state index is 10.6. The highest BCUT2D eigenvalue weighted by Crippen LogP contribution is 1.93. The molecular formula is C6H10N2O2. The fourth-order valence-corrected chi connectivity index (χ4v) is 0.369. The van der Waals surface area contributed by atoms with Crippen LogP contribution in [0.5, 0.6) is 0 Å². The number of rotatable bonds is 2. The lowest BCUT2D eigenvalue weighted by molar-refractivity contribution is -0.136. The van der Waals surface area contributed by atoms with Gasteiger partial charge >= 0.3 is 5.97 Å². The molecule has 10 heavy (non-hydrogen) atoms. The van der Waals surface area contributed by atoms with Crippen LogP contribution in [0.4, 0.5) is 0 Å². The zero-order chi connectivity index (χ0) is 7.98. The molecule has 0 aromatic rings. The van der Waals surface area contributed by atoms with Gasteiger partial charge in [0.25, 0.3) is 0 Å². The van der Waals surface area contributed by atoms with Crippen molar-refractivity contribution in [1.29, 1.82) is 0 Å². The third-order valence-electron chi connectivity index (χ3n) is 0.862. The van der Waals surface area contributed by atoms with E-state index in [1.165, 1.54) is 13.3 Å². The van der Waals surface area contributed by atoms with Crippen molar-refractivity contribution in [2.24, 2.45) is 10.7 Å². The lowest BCUT2D eigenvalue weighted by atomic mass is 10.3. The SMILES string of the molecule is COC(=O)/C(C)=C/N=CN. The highest BCUT2D eigenvalue weighted by molar-refractivity contribution is 5.87. The molecule has 0 unspecified atom stereocenters. The van der Waals surface area contributed by atoms with Crippen LogP contribution in [0.3, 0.4) is 0 Å². The van der Waals surface area contributed by atoms with Crippen LogP contribution >= 0.6 is 0 Å². The van der Waals surface area contributed by atoms with E-state index in [-0.39, 0.29) is 0 Å². The Morgan fingerprint density at radius 3 is 2.70 bits per heavy atom. The first kappa shape index (κ1) is 8.68. The van der Waals surface area contributed by atoms with Gasteiger partial charge in [-0.05, 0) is 6.92 Å². The number of methoxy groups -OCH3 is 1. The summed E-state index contributed by atoms with van der Waals surface area (Å²) in [5.74, 6) is -0.398. The van der Waals surface area contributed by atoms with Crippen molar-refractivity contribution >= 4 is 12.3 Å². The Kier molecular flexibility index (Phi) is 3.95. The molecule has 0 atom stereocenters. The van der Waals surface area contributed by atoms with Crippen LogP contribution in [0, 0.1) is 0 Å². The van der Waals surface area contributed by atoms with Gasteiger partial charge in [-0.2, -0.15) is 0 Å². The predicted octanol–water partition coefficient (Wildman–Crippen LogP) is 0.0502. The van der Waals surface area contributed by atoms with E-state index < -0.39 is 5.97 Å². The molecule has 0 bridgehead atoms. The molecule has 0 aliphatic carbocycles. The Hall–Kier alpha value is -1.32. The third kappa shape index (κ3) is 2.86. The minimum atomic E-state index is -0.398. The summed E-state index contributed by atoms with van der Waals surface area (Å²) in [5.41, 5.74) is 5.35. The number of nitrogens with two attached hydrogens (primary N) is 1. The third-order valence-corrected chi connectivity index (χ3v) is 0.862. The van der Waals surface area contributed by atoms with E-state index in [0.29, 0.717) is 5.57 Å². The molecule has 56 valence electrons. The van der Waals surface area contributed by atoms with Gasteiger partial charge in [-0.3, -0.25) is 0 Å². The number of nitrogens with zero attached hydrogens (tertiary/aromatic N) is 1. The molecule has 0 amide bonds. The van der Waals surface area contributed by atoms with Crippen LogP contribution in [-0.4, -0.2) is 19.4 Å². The number of carbonyl (C=O) groups is 1. The van der Waals surface area contributed by atoms with E-state index in [0.717, 1.165) is 6.34 Å². The van der Waals surface area contributed by atoms with Gasteiger partial charge in [0.1, 0.15) is 0 Å². The van der Waals surface area contributed by atoms with Crippen molar-refractivity contribution in [3.63, 3.8) is 0 Å². The van der Waals surface area contributed by atoms with Crippen LogP contribution < -0.4 is 5.73 Å². The van der Waals surface area contributed by atoms with Crippen molar-refractivity contribution in [2.45, 2.75) is 6.92 Å². The first-order chi connectivity index (χ1) is 4.72. The quantitative estimate of drug-likeness (QED) is 0.256. The number of hydrogen-bond acceptors (Lipinski definition) is 3. The summed E-state index contributed by atoms with van der Waals surface area (Å²) in [5, 5.41) is 0. The summed E-state index contributed by atoms with van der Waals surface area (Å²) < 4.78 is 4.39. The zero-order valence-electron chi connectivity index (χ0n) is 6.00. The summed E-state index contributed by atoms with van der Waals surface area (Å²) in [4.78, 5) is 14.1. The molecule has 4 nitrogen and oxygen atoms in total. The highest BCUT2D eigenvalue weighted by atomic mass is 16.5. The van der Waals surface area contributed by atoms with Crippen LogP contribution in [-0.2, 0) is 9.53 Å². The molecule has 0 spiro atoms. The molecule has 0 aliphatic rings. The molecule has 0 aromatic carbocycles. The normalized spacial score (nSPS) is 12.0. The number of esters is 1. The Morgan fingerprint density at radius 2 is 2.30 bits per heavy atom. The Bertz CT molecular complexity index is 173. The minimum absolute atomic E-state index is 0.398. The Balaban J connectivity index is 4.05. The van der Waals surface area contributed by atoms with E-state index in [4.69, 9.17) is 5.73 Å². The van der Waals surface area contributed by atoms with Crippen LogP contribution in [0.25, 0.3) is 0 Å². The Labute approximate surface area is 59.4 Å². The maximum atomic E-state index is 10.6. The molecule has 0 rings (SSSR count). The molecule has 0 aliphatic heterocycles. The van der Waals surface area contributed by atoms with Crippen molar-refractivity contribution in [3.8, 4) is 0 Å². The van der Waals surface area contributed by atoms with Crippen molar-refractivity contribution < 1.29 is 9.53 Å².